The topological polar surface area (TPSA) is 23.5 Å². The van der Waals surface area contributed by atoms with Crippen molar-refractivity contribution >= 4 is 95.9 Å². The second-order valence-electron chi connectivity index (χ2n) is 13.2. The van der Waals surface area contributed by atoms with Crippen LogP contribution in [0.1, 0.15) is 16.9 Å². The maximum absolute atomic E-state index is 9.67. The molecule has 3 nitrogen and oxygen atoms in total. The van der Waals surface area contributed by atoms with Gasteiger partial charge in [0.1, 0.15) is 25.6 Å². The van der Waals surface area contributed by atoms with Gasteiger partial charge >= 0.3 is 26.6 Å². The summed E-state index contributed by atoms with van der Waals surface area (Å²) < 4.78 is 76.4. The van der Waals surface area contributed by atoms with Gasteiger partial charge in [0.25, 0.3) is 0 Å². The Morgan fingerprint density at radius 3 is 1.42 bits per heavy atom. The van der Waals surface area contributed by atoms with E-state index in [1.807, 2.05) is 87.8 Å². The molecular weight excluding hydrogens is 1100 g/mol. The molecular formula is C47H37B2Br4F8NO2. The Labute approximate surface area is 401 Å². The van der Waals surface area contributed by atoms with Crippen LogP contribution >= 0.6 is 63.7 Å². The van der Waals surface area contributed by atoms with Gasteiger partial charge in [0.2, 0.25) is 0 Å². The average Bonchev–Trinajstić information content (AvgIpc) is 3.23. The van der Waals surface area contributed by atoms with E-state index in [-0.39, 0.29) is 9.41 Å². The summed E-state index contributed by atoms with van der Waals surface area (Å²) in [6.45, 7) is 1.98. The Morgan fingerprint density at radius 1 is 0.531 bits per heavy atom. The molecule has 2 aliphatic rings. The molecule has 0 radical (unpaired) electrons. The number of rotatable bonds is 6. The van der Waals surface area contributed by atoms with Crippen molar-refractivity contribution in [2.24, 2.45) is 0 Å². The second kappa shape index (κ2) is 28.2. The van der Waals surface area contributed by atoms with Gasteiger partial charge in [-0.2, -0.15) is 0 Å². The zero-order chi connectivity index (χ0) is 45.2. The lowest BCUT2D eigenvalue weighted by Crippen LogP contribution is -3.00. The van der Waals surface area contributed by atoms with Crippen molar-refractivity contribution in [1.82, 2.24) is 0 Å². The minimum Gasteiger partial charge on any atom is -1.00 e. The minimum absolute atomic E-state index is 0. The normalized spacial score (nSPS) is 12.9. The Balaban J connectivity index is 0.000000389. The van der Waals surface area contributed by atoms with Crippen molar-refractivity contribution < 1.29 is 49.0 Å². The lowest BCUT2D eigenvalue weighted by molar-refractivity contribution is -0.462. The molecule has 5 aromatic rings. The second-order valence-corrected chi connectivity index (χ2v) is 16.8. The quantitative estimate of drug-likeness (QED) is 0.0732. The molecule has 0 bridgehead atoms. The summed E-state index contributed by atoms with van der Waals surface area (Å²) >= 11 is 13.9. The Hall–Kier alpha value is -4.83. The predicted molar refractivity (Wildman–Crippen MR) is 258 cm³/mol. The summed E-state index contributed by atoms with van der Waals surface area (Å²) in [6, 6.07) is 37.1. The van der Waals surface area contributed by atoms with Crippen molar-refractivity contribution in [3.63, 3.8) is 0 Å². The maximum atomic E-state index is 9.67. The average molecular weight is 1140 g/mol. The van der Waals surface area contributed by atoms with E-state index in [0.29, 0.717) is 0 Å². The standard InChI is InChI=1S/C29H24Br2NO.C18H13Br2O.2BF3.2FH/c1-32(2)27-17-7-21(8-18-27)5-3-4-6-28-19-24(22-9-13-25(30)14-10-22)20-29(33-28)23-11-15-26(31)16-12-23;1-12-10-15(13-2-6-16(19)7-3-13)11-18(21-12)14-4-8-17(20)9-5-14;2*2-1(3)4;;/h3-20H,1-2H3;2-11H,1H3;;;2*1H/q2*+1;;;;/p-2. The molecule has 0 N–H and O–H groups in total. The van der Waals surface area contributed by atoms with Gasteiger partial charge in [0, 0.05) is 47.2 Å². The first-order chi connectivity index (χ1) is 29.6. The molecule has 17 heteroatoms. The predicted octanol–water partition coefficient (Wildman–Crippen LogP) is 10.4. The highest BCUT2D eigenvalue weighted by Crippen LogP contribution is 2.33. The summed E-state index contributed by atoms with van der Waals surface area (Å²) in [7, 11) is -3.25. The van der Waals surface area contributed by atoms with Crippen LogP contribution in [0.2, 0.25) is 0 Å². The molecule has 0 saturated heterocycles. The molecule has 0 amide bonds. The zero-order valence-corrected chi connectivity index (χ0v) is 40.5. The van der Waals surface area contributed by atoms with Crippen molar-refractivity contribution in [1.29, 1.82) is 0 Å². The number of ether oxygens (including phenoxy) is 1. The van der Waals surface area contributed by atoms with Crippen LogP contribution < -0.4 is 9.41 Å². The highest BCUT2D eigenvalue weighted by atomic mass is 79.9. The fourth-order valence-electron chi connectivity index (χ4n) is 5.57. The number of aryl methyl sites for hydroxylation is 1. The van der Waals surface area contributed by atoms with Crippen LogP contribution in [0.15, 0.2) is 204 Å². The van der Waals surface area contributed by atoms with E-state index in [4.69, 9.17) is 9.15 Å². The van der Waals surface area contributed by atoms with E-state index in [1.165, 1.54) is 11.3 Å². The Kier molecular flexibility index (Phi) is 24.3. The number of allylic oxidation sites excluding steroid dienone is 12. The molecule has 0 atom stereocenters. The number of hydrogen-bond acceptors (Lipinski definition) is 1. The number of nitrogens with zero attached hydrogens (tertiary/aromatic N) is 1. The molecule has 1 aliphatic heterocycles. The fourth-order valence-corrected chi connectivity index (χ4v) is 6.63. The highest BCUT2D eigenvalue weighted by molar-refractivity contribution is 9.11. The third-order valence-corrected chi connectivity index (χ3v) is 10.5. The van der Waals surface area contributed by atoms with Gasteiger partial charge in [-0.15, -0.1) is 0 Å². The summed E-state index contributed by atoms with van der Waals surface area (Å²) in [5, 5.41) is 0. The lowest BCUT2D eigenvalue weighted by Gasteiger charge is -2.18. The van der Waals surface area contributed by atoms with E-state index in [0.717, 1.165) is 74.3 Å². The van der Waals surface area contributed by atoms with Crippen LogP contribution in [-0.4, -0.2) is 39.5 Å². The molecule has 0 fully saturated rings. The third-order valence-electron chi connectivity index (χ3n) is 8.41. The van der Waals surface area contributed by atoms with Gasteiger partial charge in [-0.3, -0.25) is 25.9 Å². The molecule has 332 valence electrons. The molecule has 4 aromatic carbocycles. The van der Waals surface area contributed by atoms with E-state index in [2.05, 4.69) is 171 Å². The molecule has 64 heavy (non-hydrogen) atoms. The molecule has 0 unspecified atom stereocenters. The van der Waals surface area contributed by atoms with Crippen LogP contribution in [0.5, 0.6) is 0 Å². The highest BCUT2D eigenvalue weighted by Gasteiger charge is 2.17. The fraction of sp³-hybridized carbons (Fsp3) is 0.0638. The van der Waals surface area contributed by atoms with Crippen molar-refractivity contribution in [2.45, 2.75) is 6.92 Å². The first-order valence-electron chi connectivity index (χ1n) is 18.5. The van der Waals surface area contributed by atoms with E-state index >= 15 is 0 Å². The monoisotopic (exact) mass is 1140 g/mol. The van der Waals surface area contributed by atoms with Crippen molar-refractivity contribution in [3.05, 3.63) is 216 Å². The van der Waals surface area contributed by atoms with Crippen LogP contribution in [0, 0.1) is 6.92 Å². The van der Waals surface area contributed by atoms with E-state index in [1.54, 1.807) is 0 Å². The van der Waals surface area contributed by atoms with Gasteiger partial charge in [0.05, 0.1) is 18.6 Å². The molecule has 0 spiro atoms. The van der Waals surface area contributed by atoms with Gasteiger partial charge in [0.15, 0.2) is 5.71 Å². The summed E-state index contributed by atoms with van der Waals surface area (Å²) in [6.07, 6.45) is 20.7. The van der Waals surface area contributed by atoms with Gasteiger partial charge < -0.3 is 14.1 Å². The molecule has 2 heterocycles. The van der Waals surface area contributed by atoms with Gasteiger partial charge in [-0.25, -0.2) is 8.99 Å². The minimum atomic E-state index is -3.67. The van der Waals surface area contributed by atoms with Gasteiger partial charge in [-0.05, 0) is 113 Å². The number of hydrogen-bond donors (Lipinski definition) is 0. The van der Waals surface area contributed by atoms with Crippen LogP contribution in [-0.2, 0) is 4.74 Å². The lowest BCUT2D eigenvalue weighted by atomic mass is 10.0. The Bertz CT molecular complexity index is 2430. The zero-order valence-electron chi connectivity index (χ0n) is 34.1. The van der Waals surface area contributed by atoms with E-state index < -0.39 is 15.1 Å². The molecule has 7 rings (SSSR count). The number of benzene rings is 4. The Morgan fingerprint density at radius 2 is 0.953 bits per heavy atom. The first-order valence-corrected chi connectivity index (χ1v) is 21.7. The summed E-state index contributed by atoms with van der Waals surface area (Å²) in [5.74, 6) is 3.39. The summed E-state index contributed by atoms with van der Waals surface area (Å²) in [4.78, 5) is 0. The van der Waals surface area contributed by atoms with Crippen LogP contribution in [0.25, 0.3) is 33.8 Å². The number of halogens is 12. The van der Waals surface area contributed by atoms with Crippen molar-refractivity contribution in [3.8, 4) is 22.5 Å². The SMILES string of the molecule is C[N+](C)=C1C=CC(=CC=CC=C2C=C(c3ccc(Br)cc3)C=C(c3ccc(Br)cc3)O2)C=C1.Cc1cc(-c2ccc(Br)cc2)cc(-c2ccc(Br)cc2)[o+]1.FB(F)F.FB(F)F.[F-].[F-]. The molecule has 1 aliphatic carbocycles. The van der Waals surface area contributed by atoms with Crippen LogP contribution in [0.3, 0.4) is 0 Å². The summed E-state index contributed by atoms with van der Waals surface area (Å²) in [5.41, 5.74) is 9.02. The van der Waals surface area contributed by atoms with Crippen LogP contribution in [0.4, 0.5) is 25.9 Å². The first kappa shape index (κ1) is 55.3. The molecule has 1 aromatic heterocycles. The maximum Gasteiger partial charge on any atom is 0.762 e. The smallest absolute Gasteiger partial charge is 0.762 e. The van der Waals surface area contributed by atoms with E-state index in [9.17, 15) is 25.9 Å². The largest absolute Gasteiger partial charge is 1.00 e. The van der Waals surface area contributed by atoms with Crippen molar-refractivity contribution in [2.75, 3.05) is 14.1 Å². The molecule has 0 saturated carbocycles. The van der Waals surface area contributed by atoms with Gasteiger partial charge in [-0.1, -0.05) is 118 Å². The third kappa shape index (κ3) is 19.5.